The van der Waals surface area contributed by atoms with E-state index >= 15 is 0 Å². The molecule has 0 aliphatic heterocycles. The summed E-state index contributed by atoms with van der Waals surface area (Å²) in [6.07, 6.45) is 0. The highest BCUT2D eigenvalue weighted by Gasteiger charge is 2.15. The van der Waals surface area contributed by atoms with Gasteiger partial charge >= 0.3 is 0 Å². The minimum Gasteiger partial charge on any atom is -0.225 e. The monoisotopic (exact) mass is 340 g/mol. The molecule has 1 aromatic carbocycles. The van der Waals surface area contributed by atoms with E-state index in [4.69, 9.17) is 16.7 Å². The molecule has 0 saturated heterocycles. The van der Waals surface area contributed by atoms with Gasteiger partial charge in [-0.2, -0.15) is 0 Å². The van der Waals surface area contributed by atoms with Crippen LogP contribution >= 0.6 is 11.6 Å². The molecule has 1 rings (SSSR count). The van der Waals surface area contributed by atoms with Crippen LogP contribution in [0.3, 0.4) is 0 Å². The van der Waals surface area contributed by atoms with Gasteiger partial charge in [0.25, 0.3) is 0 Å². The molecule has 114 valence electrons. The number of nitrogens with two attached hydrogens (primary N) is 1. The van der Waals surface area contributed by atoms with Crippen LogP contribution in [-0.2, 0) is 26.6 Å². The summed E-state index contributed by atoms with van der Waals surface area (Å²) < 4.78 is 48.3. The second kappa shape index (κ2) is 6.86. The number of primary sulfonamides is 1. The summed E-state index contributed by atoms with van der Waals surface area (Å²) in [7, 11) is -7.25. The molecule has 0 amide bonds. The first kappa shape index (κ1) is 17.4. The van der Waals surface area contributed by atoms with E-state index in [1.54, 1.807) is 13.0 Å². The van der Waals surface area contributed by atoms with Gasteiger partial charge in [0.1, 0.15) is 0 Å². The minimum absolute atomic E-state index is 0.000693. The molecule has 0 fully saturated rings. The van der Waals surface area contributed by atoms with E-state index in [1.807, 2.05) is 0 Å². The van der Waals surface area contributed by atoms with Gasteiger partial charge in [-0.15, -0.1) is 11.6 Å². The van der Waals surface area contributed by atoms with Gasteiger partial charge in [0.2, 0.25) is 20.0 Å². The number of halogens is 1. The molecule has 6 nitrogen and oxygen atoms in total. The molecule has 20 heavy (non-hydrogen) atoms. The zero-order valence-electron chi connectivity index (χ0n) is 10.9. The number of nitrogens with one attached hydrogen (secondary N) is 1. The van der Waals surface area contributed by atoms with Gasteiger partial charge in [0.15, 0.2) is 0 Å². The first-order valence-corrected chi connectivity index (χ1v) is 9.52. The molecule has 0 radical (unpaired) electrons. The van der Waals surface area contributed by atoms with Gasteiger partial charge in [0.05, 0.1) is 10.6 Å². The average Bonchev–Trinajstić information content (AvgIpc) is 2.35. The first-order chi connectivity index (χ1) is 9.14. The Bertz CT molecular complexity index is 659. The smallest absolute Gasteiger partial charge is 0.225 e. The molecule has 1 atom stereocenters. The third-order valence-corrected chi connectivity index (χ3v) is 5.52. The van der Waals surface area contributed by atoms with Crippen molar-refractivity contribution in [2.24, 2.45) is 11.1 Å². The maximum atomic E-state index is 11.7. The van der Waals surface area contributed by atoms with Gasteiger partial charge < -0.3 is 0 Å². The fourth-order valence-corrected chi connectivity index (χ4v) is 3.70. The van der Waals surface area contributed by atoms with Crippen molar-refractivity contribution in [3.8, 4) is 0 Å². The van der Waals surface area contributed by atoms with Crippen LogP contribution in [-0.4, -0.2) is 28.5 Å². The Morgan fingerprint density at radius 3 is 2.50 bits per heavy atom. The van der Waals surface area contributed by atoms with Crippen LogP contribution in [0.1, 0.15) is 12.5 Å². The molecule has 0 saturated carbocycles. The van der Waals surface area contributed by atoms with Crippen molar-refractivity contribution < 1.29 is 16.8 Å². The largest absolute Gasteiger partial charge is 0.238 e. The van der Waals surface area contributed by atoms with E-state index in [1.165, 1.54) is 18.2 Å². The predicted molar refractivity (Wildman–Crippen MR) is 78.3 cm³/mol. The zero-order valence-corrected chi connectivity index (χ0v) is 13.3. The standard InChI is InChI=1S/C11H17ClN2O4S2/c1-9(6-12)8-19(15,16)14-7-10-3-2-4-11(5-10)20(13,17)18/h2-5,9,14H,6-8H2,1H3,(H2,13,17,18). The zero-order chi connectivity index (χ0) is 15.4. The van der Waals surface area contributed by atoms with Crippen molar-refractivity contribution in [3.05, 3.63) is 29.8 Å². The SMILES string of the molecule is CC(CCl)CS(=O)(=O)NCc1cccc(S(N)(=O)=O)c1. The third kappa shape index (κ3) is 5.76. The third-order valence-electron chi connectivity index (χ3n) is 2.49. The van der Waals surface area contributed by atoms with Crippen LogP contribution in [0.15, 0.2) is 29.2 Å². The number of alkyl halides is 1. The second-order valence-corrected chi connectivity index (χ2v) is 8.28. The minimum atomic E-state index is -3.80. The van der Waals surface area contributed by atoms with E-state index in [-0.39, 0.29) is 29.0 Å². The van der Waals surface area contributed by atoms with Gasteiger partial charge in [-0.05, 0) is 23.6 Å². The Morgan fingerprint density at radius 1 is 1.30 bits per heavy atom. The Kier molecular flexibility index (Phi) is 5.96. The summed E-state index contributed by atoms with van der Waals surface area (Å²) in [5.41, 5.74) is 0.513. The summed E-state index contributed by atoms with van der Waals surface area (Å²) in [5.74, 6) is 0.0117. The summed E-state index contributed by atoms with van der Waals surface area (Å²) >= 11 is 5.57. The molecule has 9 heteroatoms. The Hall–Kier alpha value is -0.670. The fraction of sp³-hybridized carbons (Fsp3) is 0.455. The number of hydrogen-bond acceptors (Lipinski definition) is 4. The lowest BCUT2D eigenvalue weighted by Gasteiger charge is -2.10. The first-order valence-electron chi connectivity index (χ1n) is 5.79. The van der Waals surface area contributed by atoms with Crippen molar-refractivity contribution in [1.29, 1.82) is 0 Å². The molecule has 0 aromatic heterocycles. The van der Waals surface area contributed by atoms with Crippen LogP contribution in [0, 0.1) is 5.92 Å². The topological polar surface area (TPSA) is 106 Å². The second-order valence-electron chi connectivity index (χ2n) is 4.55. The van der Waals surface area contributed by atoms with E-state index in [0.29, 0.717) is 5.56 Å². The number of hydrogen-bond donors (Lipinski definition) is 2. The Balaban J connectivity index is 2.76. The van der Waals surface area contributed by atoms with Crippen molar-refractivity contribution in [3.63, 3.8) is 0 Å². The lowest BCUT2D eigenvalue weighted by molar-refractivity contribution is 0.568. The Labute approximate surface area is 124 Å². The van der Waals surface area contributed by atoms with Crippen molar-refractivity contribution in [2.45, 2.75) is 18.4 Å². The van der Waals surface area contributed by atoms with Gasteiger partial charge in [-0.1, -0.05) is 19.1 Å². The van der Waals surface area contributed by atoms with Crippen LogP contribution in [0.25, 0.3) is 0 Å². The van der Waals surface area contributed by atoms with Gasteiger partial charge in [0, 0.05) is 12.4 Å². The quantitative estimate of drug-likeness (QED) is 0.710. The highest BCUT2D eigenvalue weighted by atomic mass is 35.5. The van der Waals surface area contributed by atoms with E-state index in [9.17, 15) is 16.8 Å². The van der Waals surface area contributed by atoms with Crippen LogP contribution < -0.4 is 9.86 Å². The summed E-state index contributed by atoms with van der Waals surface area (Å²) in [6, 6.07) is 5.80. The fourth-order valence-electron chi connectivity index (χ4n) is 1.50. The molecular formula is C11H17ClN2O4S2. The maximum Gasteiger partial charge on any atom is 0.238 e. The molecule has 0 aliphatic rings. The normalized spacial score (nSPS) is 14.2. The van der Waals surface area contributed by atoms with Gasteiger partial charge in [-0.25, -0.2) is 26.7 Å². The highest BCUT2D eigenvalue weighted by Crippen LogP contribution is 2.10. The number of sulfonamides is 2. The maximum absolute atomic E-state index is 11.7. The molecule has 1 aromatic rings. The molecule has 0 bridgehead atoms. The van der Waals surface area contributed by atoms with E-state index in [0.717, 1.165) is 0 Å². The molecule has 0 aliphatic carbocycles. The van der Waals surface area contributed by atoms with Crippen molar-refractivity contribution >= 4 is 31.6 Å². The predicted octanol–water partition coefficient (Wildman–Crippen LogP) is 0.628. The molecule has 0 spiro atoms. The van der Waals surface area contributed by atoms with Crippen LogP contribution in [0.4, 0.5) is 0 Å². The highest BCUT2D eigenvalue weighted by molar-refractivity contribution is 7.89. The van der Waals surface area contributed by atoms with Crippen LogP contribution in [0.5, 0.6) is 0 Å². The van der Waals surface area contributed by atoms with E-state index < -0.39 is 20.0 Å². The summed E-state index contributed by atoms with van der Waals surface area (Å²) in [5, 5.41) is 5.01. The lowest BCUT2D eigenvalue weighted by atomic mass is 10.2. The lowest BCUT2D eigenvalue weighted by Crippen LogP contribution is -2.29. The molecule has 0 heterocycles. The van der Waals surface area contributed by atoms with Crippen molar-refractivity contribution in [1.82, 2.24) is 4.72 Å². The molecular weight excluding hydrogens is 324 g/mol. The number of rotatable bonds is 7. The van der Waals surface area contributed by atoms with Crippen molar-refractivity contribution in [2.75, 3.05) is 11.6 Å². The summed E-state index contributed by atoms with van der Waals surface area (Å²) in [4.78, 5) is -0.0525. The summed E-state index contributed by atoms with van der Waals surface area (Å²) in [6.45, 7) is 1.73. The average molecular weight is 341 g/mol. The van der Waals surface area contributed by atoms with E-state index in [2.05, 4.69) is 4.72 Å². The molecule has 1 unspecified atom stereocenters. The number of benzene rings is 1. The molecule has 3 N–H and O–H groups in total. The van der Waals surface area contributed by atoms with Gasteiger partial charge in [-0.3, -0.25) is 0 Å². The van der Waals surface area contributed by atoms with Crippen LogP contribution in [0.2, 0.25) is 0 Å². The Morgan fingerprint density at radius 2 is 1.95 bits per heavy atom.